The van der Waals surface area contributed by atoms with Crippen LogP contribution in [0.1, 0.15) is 24.1 Å². The third-order valence-electron chi connectivity index (χ3n) is 4.44. The molecular formula is C20H19N3O2. The average Bonchev–Trinajstić information content (AvgIpc) is 2.66. The van der Waals surface area contributed by atoms with Gasteiger partial charge in [0.2, 0.25) is 0 Å². The molecule has 4 rings (SSSR count). The van der Waals surface area contributed by atoms with Gasteiger partial charge in [0.05, 0.1) is 5.52 Å². The fourth-order valence-electron chi connectivity index (χ4n) is 3.22. The van der Waals surface area contributed by atoms with Crippen LogP contribution < -0.4 is 10.1 Å². The summed E-state index contributed by atoms with van der Waals surface area (Å²) in [6.45, 7) is -0.0124. The van der Waals surface area contributed by atoms with Crippen molar-refractivity contribution >= 4 is 22.5 Å². The Morgan fingerprint density at radius 2 is 2.00 bits per heavy atom. The maximum atomic E-state index is 12.2. The summed E-state index contributed by atoms with van der Waals surface area (Å²) < 4.78 is 5.76. The van der Waals surface area contributed by atoms with E-state index in [4.69, 9.17) is 4.74 Å². The molecule has 0 bridgehead atoms. The molecule has 0 saturated heterocycles. The Balaban J connectivity index is 1.42. The minimum Gasteiger partial charge on any atom is -0.483 e. The minimum absolute atomic E-state index is 0.0124. The average molecular weight is 333 g/mol. The number of carbonyl (C=O) groups excluding carboxylic acids is 1. The quantitative estimate of drug-likeness (QED) is 0.793. The van der Waals surface area contributed by atoms with Gasteiger partial charge in [-0.1, -0.05) is 6.07 Å². The third kappa shape index (κ3) is 3.45. The Bertz CT molecular complexity index is 924. The van der Waals surface area contributed by atoms with Crippen LogP contribution in [-0.2, 0) is 17.6 Å². The van der Waals surface area contributed by atoms with E-state index < -0.39 is 0 Å². The molecular weight excluding hydrogens is 314 g/mol. The zero-order valence-electron chi connectivity index (χ0n) is 13.9. The number of pyridine rings is 2. The third-order valence-corrected chi connectivity index (χ3v) is 4.44. The molecule has 1 aromatic carbocycles. The number of ether oxygens (including phenoxy) is 1. The van der Waals surface area contributed by atoms with Gasteiger partial charge in [-0.05, 0) is 56.0 Å². The molecule has 1 aliphatic rings. The van der Waals surface area contributed by atoms with Crippen LogP contribution in [0.3, 0.4) is 0 Å². The van der Waals surface area contributed by atoms with Gasteiger partial charge in [0.15, 0.2) is 6.61 Å². The Kier molecular flexibility index (Phi) is 4.29. The Hall–Kier alpha value is -2.95. The highest BCUT2D eigenvalue weighted by Gasteiger charge is 2.16. The SMILES string of the molecule is O=C(COc1ccnc2c1CCCC2)Nc1ccc2ncccc2c1. The number of hydrogen-bond acceptors (Lipinski definition) is 4. The van der Waals surface area contributed by atoms with Gasteiger partial charge in [0, 0.05) is 34.7 Å². The molecule has 5 heteroatoms. The van der Waals surface area contributed by atoms with Crippen molar-refractivity contribution < 1.29 is 9.53 Å². The van der Waals surface area contributed by atoms with E-state index in [1.807, 2.05) is 36.4 Å². The molecule has 0 radical (unpaired) electrons. The van der Waals surface area contributed by atoms with Crippen molar-refractivity contribution in [1.29, 1.82) is 0 Å². The molecule has 3 aromatic rings. The minimum atomic E-state index is -0.176. The van der Waals surface area contributed by atoms with Crippen LogP contribution in [0.4, 0.5) is 5.69 Å². The Morgan fingerprint density at radius 3 is 2.96 bits per heavy atom. The molecule has 25 heavy (non-hydrogen) atoms. The normalized spacial score (nSPS) is 13.3. The lowest BCUT2D eigenvalue weighted by Crippen LogP contribution is -2.21. The molecule has 0 spiro atoms. The molecule has 0 saturated carbocycles. The lowest BCUT2D eigenvalue weighted by Gasteiger charge is -2.18. The number of nitrogens with one attached hydrogen (secondary N) is 1. The van der Waals surface area contributed by atoms with E-state index in [9.17, 15) is 4.79 Å². The van der Waals surface area contributed by atoms with Gasteiger partial charge in [-0.15, -0.1) is 0 Å². The number of aryl methyl sites for hydroxylation is 1. The summed E-state index contributed by atoms with van der Waals surface area (Å²) in [4.78, 5) is 20.9. The highest BCUT2D eigenvalue weighted by atomic mass is 16.5. The molecule has 5 nitrogen and oxygen atoms in total. The number of aromatic nitrogens is 2. The highest BCUT2D eigenvalue weighted by Crippen LogP contribution is 2.27. The number of anilines is 1. The molecule has 1 aliphatic carbocycles. The number of nitrogens with zero attached hydrogens (tertiary/aromatic N) is 2. The first-order valence-corrected chi connectivity index (χ1v) is 8.54. The van der Waals surface area contributed by atoms with Crippen molar-refractivity contribution in [2.75, 3.05) is 11.9 Å². The summed E-state index contributed by atoms with van der Waals surface area (Å²) >= 11 is 0. The molecule has 2 heterocycles. The zero-order chi connectivity index (χ0) is 17.1. The first-order chi connectivity index (χ1) is 12.3. The largest absolute Gasteiger partial charge is 0.483 e. The second kappa shape index (κ2) is 6.89. The molecule has 0 aliphatic heterocycles. The van der Waals surface area contributed by atoms with Gasteiger partial charge in [-0.3, -0.25) is 14.8 Å². The van der Waals surface area contributed by atoms with Crippen molar-refractivity contribution in [3.05, 3.63) is 60.0 Å². The summed E-state index contributed by atoms with van der Waals surface area (Å²) in [5.41, 5.74) is 3.90. The smallest absolute Gasteiger partial charge is 0.262 e. The molecule has 126 valence electrons. The van der Waals surface area contributed by atoms with Crippen LogP contribution in [0, 0.1) is 0 Å². The van der Waals surface area contributed by atoms with Crippen molar-refractivity contribution in [2.45, 2.75) is 25.7 Å². The van der Waals surface area contributed by atoms with E-state index in [1.165, 1.54) is 6.42 Å². The number of carbonyl (C=O) groups is 1. The monoisotopic (exact) mass is 333 g/mol. The number of amides is 1. The van der Waals surface area contributed by atoms with Gasteiger partial charge in [0.1, 0.15) is 5.75 Å². The summed E-state index contributed by atoms with van der Waals surface area (Å²) in [5.74, 6) is 0.604. The maximum Gasteiger partial charge on any atom is 0.262 e. The lowest BCUT2D eigenvalue weighted by molar-refractivity contribution is -0.118. The van der Waals surface area contributed by atoms with E-state index in [2.05, 4.69) is 15.3 Å². The Morgan fingerprint density at radius 1 is 1.08 bits per heavy atom. The first kappa shape index (κ1) is 15.6. The predicted molar refractivity (Wildman–Crippen MR) is 96.7 cm³/mol. The van der Waals surface area contributed by atoms with Crippen LogP contribution in [0.5, 0.6) is 5.75 Å². The predicted octanol–water partition coefficient (Wildman–Crippen LogP) is 3.53. The number of hydrogen-bond donors (Lipinski definition) is 1. The second-order valence-electron chi connectivity index (χ2n) is 6.19. The van der Waals surface area contributed by atoms with Crippen molar-refractivity contribution in [3.8, 4) is 5.75 Å². The summed E-state index contributed by atoms with van der Waals surface area (Å²) in [6, 6.07) is 11.3. The van der Waals surface area contributed by atoms with Crippen LogP contribution in [0.2, 0.25) is 0 Å². The van der Waals surface area contributed by atoms with Crippen molar-refractivity contribution in [1.82, 2.24) is 9.97 Å². The molecule has 2 aromatic heterocycles. The van der Waals surface area contributed by atoms with Crippen LogP contribution in [-0.4, -0.2) is 22.5 Å². The van der Waals surface area contributed by atoms with E-state index in [1.54, 1.807) is 12.4 Å². The topological polar surface area (TPSA) is 64.1 Å². The van der Waals surface area contributed by atoms with Crippen LogP contribution >= 0.6 is 0 Å². The zero-order valence-corrected chi connectivity index (χ0v) is 13.9. The summed E-state index contributed by atoms with van der Waals surface area (Å²) in [7, 11) is 0. The number of rotatable bonds is 4. The highest BCUT2D eigenvalue weighted by molar-refractivity contribution is 5.94. The standard InChI is InChI=1S/C20H19N3O2/c24-20(23-15-7-8-17-14(12-15)4-3-10-21-17)13-25-19-9-11-22-18-6-2-1-5-16(18)19/h3-4,7-12H,1-2,5-6,13H2,(H,23,24). The second-order valence-corrected chi connectivity index (χ2v) is 6.19. The first-order valence-electron chi connectivity index (χ1n) is 8.54. The lowest BCUT2D eigenvalue weighted by atomic mass is 9.95. The fourth-order valence-corrected chi connectivity index (χ4v) is 3.22. The molecule has 1 N–H and O–H groups in total. The van der Waals surface area contributed by atoms with Crippen molar-refractivity contribution in [2.24, 2.45) is 0 Å². The molecule has 0 unspecified atom stereocenters. The number of benzene rings is 1. The number of fused-ring (bicyclic) bond motifs is 2. The van der Waals surface area contributed by atoms with Gasteiger partial charge >= 0.3 is 0 Å². The summed E-state index contributed by atoms with van der Waals surface area (Å²) in [5, 5.41) is 3.87. The van der Waals surface area contributed by atoms with Crippen LogP contribution in [0.15, 0.2) is 48.8 Å². The van der Waals surface area contributed by atoms with Gasteiger partial charge < -0.3 is 10.1 Å². The van der Waals surface area contributed by atoms with Crippen LogP contribution in [0.25, 0.3) is 10.9 Å². The molecule has 0 atom stereocenters. The van der Waals surface area contributed by atoms with Gasteiger partial charge in [0.25, 0.3) is 5.91 Å². The Labute approximate surface area is 146 Å². The van der Waals surface area contributed by atoms with Gasteiger partial charge in [-0.2, -0.15) is 0 Å². The fraction of sp³-hybridized carbons (Fsp3) is 0.250. The van der Waals surface area contributed by atoms with Gasteiger partial charge in [-0.25, -0.2) is 0 Å². The van der Waals surface area contributed by atoms with E-state index in [0.717, 1.165) is 52.9 Å². The van der Waals surface area contributed by atoms with Crippen molar-refractivity contribution in [3.63, 3.8) is 0 Å². The van der Waals surface area contributed by atoms with E-state index in [0.29, 0.717) is 0 Å². The molecule has 1 amide bonds. The van der Waals surface area contributed by atoms with E-state index in [-0.39, 0.29) is 12.5 Å². The van der Waals surface area contributed by atoms with E-state index >= 15 is 0 Å². The maximum absolute atomic E-state index is 12.2. The summed E-state index contributed by atoms with van der Waals surface area (Å²) in [6.07, 6.45) is 7.78. The molecule has 0 fully saturated rings.